The van der Waals surface area contributed by atoms with E-state index in [2.05, 4.69) is 21.2 Å². The monoisotopic (exact) mass is 417 g/mol. The number of thiocarbonyl (C=S) groups is 1. The molecule has 25 heavy (non-hydrogen) atoms. The maximum Gasteiger partial charge on any atom is 0.270 e. The number of aromatic nitrogens is 1. The Balaban J connectivity index is 2.06. The van der Waals surface area contributed by atoms with Gasteiger partial charge in [0.05, 0.1) is 5.69 Å². The normalized spacial score (nSPS) is 16.6. The van der Waals surface area contributed by atoms with E-state index < -0.39 is 11.8 Å². The largest absolute Gasteiger partial charge is 0.352 e. The summed E-state index contributed by atoms with van der Waals surface area (Å²) in [6, 6.07) is 9.14. The fourth-order valence-electron chi connectivity index (χ4n) is 2.69. The zero-order chi connectivity index (χ0) is 18.3. The molecule has 0 atom stereocenters. The average Bonchev–Trinajstić information content (AvgIpc) is 2.78. The molecule has 1 aromatic carbocycles. The van der Waals surface area contributed by atoms with Crippen LogP contribution in [0.25, 0.3) is 6.08 Å². The second kappa shape index (κ2) is 6.57. The van der Waals surface area contributed by atoms with Crippen LogP contribution in [0.3, 0.4) is 0 Å². The molecule has 0 aliphatic carbocycles. The summed E-state index contributed by atoms with van der Waals surface area (Å²) in [4.78, 5) is 26.6. The van der Waals surface area contributed by atoms with E-state index in [0.717, 1.165) is 21.4 Å². The fraction of sp³-hybridized carbons (Fsp3) is 0.167. The van der Waals surface area contributed by atoms with Crippen LogP contribution >= 0.6 is 28.1 Å². The van der Waals surface area contributed by atoms with Crippen LogP contribution in [-0.4, -0.2) is 21.5 Å². The van der Waals surface area contributed by atoms with Crippen LogP contribution in [0.2, 0.25) is 0 Å². The highest BCUT2D eigenvalue weighted by Crippen LogP contribution is 2.25. The minimum Gasteiger partial charge on any atom is -0.352 e. The third kappa shape index (κ3) is 3.17. The van der Waals surface area contributed by atoms with Crippen LogP contribution in [0.1, 0.15) is 17.0 Å². The molecule has 2 aromatic rings. The highest BCUT2D eigenvalue weighted by molar-refractivity contribution is 9.10. The summed E-state index contributed by atoms with van der Waals surface area (Å²) in [7, 11) is 1.94. The van der Waals surface area contributed by atoms with Crippen LogP contribution in [0.5, 0.6) is 0 Å². The summed E-state index contributed by atoms with van der Waals surface area (Å²) >= 11 is 8.58. The molecule has 1 N–H and O–H groups in total. The Bertz CT molecular complexity index is 946. The second-order valence-corrected chi connectivity index (χ2v) is 7.13. The van der Waals surface area contributed by atoms with Crippen LogP contribution in [-0.2, 0) is 16.6 Å². The molecule has 7 heteroatoms. The van der Waals surface area contributed by atoms with Gasteiger partial charge in [-0.15, -0.1) is 0 Å². The maximum atomic E-state index is 13.0. The second-order valence-electron chi connectivity index (χ2n) is 5.82. The van der Waals surface area contributed by atoms with Gasteiger partial charge in [0.25, 0.3) is 11.8 Å². The number of hydrogen-bond acceptors (Lipinski definition) is 3. The van der Waals surface area contributed by atoms with Crippen molar-refractivity contribution in [1.82, 2.24) is 9.88 Å². The van der Waals surface area contributed by atoms with E-state index in [0.29, 0.717) is 5.69 Å². The van der Waals surface area contributed by atoms with E-state index in [1.807, 2.05) is 37.6 Å². The van der Waals surface area contributed by atoms with Crippen molar-refractivity contribution in [1.29, 1.82) is 0 Å². The quantitative estimate of drug-likeness (QED) is 0.463. The number of rotatable bonds is 2. The van der Waals surface area contributed by atoms with Gasteiger partial charge < -0.3 is 4.57 Å². The topological polar surface area (TPSA) is 54.3 Å². The molecule has 3 rings (SSSR count). The van der Waals surface area contributed by atoms with Crippen molar-refractivity contribution in [2.75, 3.05) is 4.90 Å². The molecular formula is C18H16BrN3O2S. The van der Waals surface area contributed by atoms with E-state index in [1.54, 1.807) is 24.3 Å². The Morgan fingerprint density at radius 3 is 2.52 bits per heavy atom. The molecular weight excluding hydrogens is 402 g/mol. The van der Waals surface area contributed by atoms with Gasteiger partial charge in [0.15, 0.2) is 5.11 Å². The molecule has 1 saturated heterocycles. The van der Waals surface area contributed by atoms with Gasteiger partial charge >= 0.3 is 0 Å². The molecule has 2 amide bonds. The Kier molecular flexibility index (Phi) is 4.62. The van der Waals surface area contributed by atoms with Crippen molar-refractivity contribution in [3.63, 3.8) is 0 Å². The minimum atomic E-state index is -0.484. The molecule has 0 spiro atoms. The van der Waals surface area contributed by atoms with E-state index in [-0.39, 0.29) is 10.7 Å². The van der Waals surface area contributed by atoms with Crippen LogP contribution in [0.15, 0.2) is 40.4 Å². The first-order valence-electron chi connectivity index (χ1n) is 7.59. The molecule has 128 valence electrons. The first kappa shape index (κ1) is 17.6. The summed E-state index contributed by atoms with van der Waals surface area (Å²) in [5.74, 6) is -0.921. The van der Waals surface area contributed by atoms with Gasteiger partial charge in [-0.25, -0.2) is 0 Å². The van der Waals surface area contributed by atoms with Gasteiger partial charge in [-0.2, -0.15) is 0 Å². The van der Waals surface area contributed by atoms with Gasteiger partial charge in [-0.3, -0.25) is 19.8 Å². The number of halogens is 1. The Hall–Kier alpha value is -2.25. The first-order chi connectivity index (χ1) is 11.8. The standard InChI is InChI=1S/C18H16BrN3O2S/c1-10-7-12(11(2)21(10)3)8-15-16(23)20-18(25)22(17(15)24)14-6-4-5-13(19)9-14/h4-9H,1-3H3,(H,20,23,25). The summed E-state index contributed by atoms with van der Waals surface area (Å²) in [6.07, 6.45) is 1.62. The molecule has 0 unspecified atom stereocenters. The van der Waals surface area contributed by atoms with Crippen molar-refractivity contribution >= 4 is 56.8 Å². The summed E-state index contributed by atoms with van der Waals surface area (Å²) in [5, 5.41) is 2.67. The molecule has 1 aliphatic rings. The maximum absolute atomic E-state index is 13.0. The van der Waals surface area contributed by atoms with Gasteiger partial charge in [0, 0.05) is 22.9 Å². The Morgan fingerprint density at radius 2 is 1.92 bits per heavy atom. The van der Waals surface area contributed by atoms with Crippen molar-refractivity contribution in [3.05, 3.63) is 57.3 Å². The molecule has 5 nitrogen and oxygen atoms in total. The minimum absolute atomic E-state index is 0.0577. The zero-order valence-electron chi connectivity index (χ0n) is 14.0. The van der Waals surface area contributed by atoms with Crippen LogP contribution in [0, 0.1) is 13.8 Å². The number of nitrogens with zero attached hydrogens (tertiary/aromatic N) is 2. The summed E-state index contributed by atoms with van der Waals surface area (Å²) in [5.41, 5.74) is 3.51. The smallest absolute Gasteiger partial charge is 0.270 e. The van der Waals surface area contributed by atoms with Crippen molar-refractivity contribution in [3.8, 4) is 0 Å². The lowest BCUT2D eigenvalue weighted by atomic mass is 10.1. The number of aryl methyl sites for hydroxylation is 1. The number of anilines is 1. The number of hydrogen-bond donors (Lipinski definition) is 1. The Morgan fingerprint density at radius 1 is 1.20 bits per heavy atom. The van der Waals surface area contributed by atoms with E-state index in [1.165, 1.54) is 4.90 Å². The molecule has 0 saturated carbocycles. The van der Waals surface area contributed by atoms with Crippen LogP contribution < -0.4 is 10.2 Å². The van der Waals surface area contributed by atoms with Gasteiger partial charge in [0.1, 0.15) is 5.57 Å². The number of amides is 2. The summed E-state index contributed by atoms with van der Waals surface area (Å²) < 4.78 is 2.83. The molecule has 0 bridgehead atoms. The van der Waals surface area contributed by atoms with E-state index in [4.69, 9.17) is 12.2 Å². The molecule has 2 heterocycles. The predicted octanol–water partition coefficient (Wildman–Crippen LogP) is 3.24. The SMILES string of the molecule is Cc1cc(C=C2C(=O)NC(=S)N(c3cccc(Br)c3)C2=O)c(C)n1C. The number of carbonyl (C=O) groups is 2. The molecule has 1 aliphatic heterocycles. The van der Waals surface area contributed by atoms with Gasteiger partial charge in [-0.05, 0) is 62.0 Å². The molecule has 0 radical (unpaired) electrons. The third-order valence-corrected chi connectivity index (χ3v) is 5.06. The van der Waals surface area contributed by atoms with Crippen LogP contribution in [0.4, 0.5) is 5.69 Å². The Labute approximate surface area is 159 Å². The van der Waals surface area contributed by atoms with Crippen molar-refractivity contribution < 1.29 is 9.59 Å². The van der Waals surface area contributed by atoms with E-state index >= 15 is 0 Å². The highest BCUT2D eigenvalue weighted by atomic mass is 79.9. The number of carbonyl (C=O) groups excluding carboxylic acids is 2. The average molecular weight is 418 g/mol. The molecule has 1 aromatic heterocycles. The lowest BCUT2D eigenvalue weighted by Crippen LogP contribution is -2.54. The van der Waals surface area contributed by atoms with E-state index in [9.17, 15) is 9.59 Å². The highest BCUT2D eigenvalue weighted by Gasteiger charge is 2.34. The lowest BCUT2D eigenvalue weighted by molar-refractivity contribution is -0.122. The van der Waals surface area contributed by atoms with Crippen molar-refractivity contribution in [2.24, 2.45) is 7.05 Å². The fourth-order valence-corrected chi connectivity index (χ4v) is 3.36. The first-order valence-corrected chi connectivity index (χ1v) is 8.79. The lowest BCUT2D eigenvalue weighted by Gasteiger charge is -2.29. The van der Waals surface area contributed by atoms with Gasteiger partial charge in [-0.1, -0.05) is 22.0 Å². The third-order valence-electron chi connectivity index (χ3n) is 4.28. The number of benzene rings is 1. The summed E-state index contributed by atoms with van der Waals surface area (Å²) in [6.45, 7) is 3.92. The van der Waals surface area contributed by atoms with Gasteiger partial charge in [0.2, 0.25) is 0 Å². The predicted molar refractivity (Wildman–Crippen MR) is 105 cm³/mol. The van der Waals surface area contributed by atoms with Crippen molar-refractivity contribution in [2.45, 2.75) is 13.8 Å². The zero-order valence-corrected chi connectivity index (χ0v) is 16.4. The number of nitrogens with one attached hydrogen (secondary N) is 1. The molecule has 1 fully saturated rings.